The minimum atomic E-state index is -0.601. The number of carbonyl (C=O) groups excluding carboxylic acids is 3. The van der Waals surface area contributed by atoms with E-state index in [9.17, 15) is 14.4 Å². The van der Waals surface area contributed by atoms with Crippen molar-refractivity contribution in [3.05, 3.63) is 12.2 Å². The van der Waals surface area contributed by atoms with Crippen LogP contribution in [0.2, 0.25) is 0 Å². The van der Waals surface area contributed by atoms with E-state index in [0.717, 1.165) is 45.1 Å². The van der Waals surface area contributed by atoms with Crippen LogP contribution in [0.3, 0.4) is 0 Å². The van der Waals surface area contributed by atoms with Gasteiger partial charge in [0.05, 0.1) is 0 Å². The summed E-state index contributed by atoms with van der Waals surface area (Å²) >= 11 is 1.33. The van der Waals surface area contributed by atoms with Crippen LogP contribution in [-0.4, -0.2) is 60.8 Å². The zero-order chi connectivity index (χ0) is 39.0. The Morgan fingerprint density at radius 2 is 0.981 bits per heavy atom. The molecule has 0 aliphatic rings. The maximum atomic E-state index is 13.7. The van der Waals surface area contributed by atoms with Gasteiger partial charge in [0.25, 0.3) is 0 Å². The molecule has 0 fully saturated rings. The molecule has 2 unspecified atom stereocenters. The molecule has 0 heterocycles. The Bertz CT molecular complexity index is 865. The minimum absolute atomic E-state index is 0.0267. The van der Waals surface area contributed by atoms with Crippen molar-refractivity contribution in [1.82, 2.24) is 15.5 Å². The van der Waals surface area contributed by atoms with E-state index in [-0.39, 0.29) is 22.8 Å². The lowest BCUT2D eigenvalue weighted by Crippen LogP contribution is -2.49. The summed E-state index contributed by atoms with van der Waals surface area (Å²) in [5.41, 5.74) is 0. The summed E-state index contributed by atoms with van der Waals surface area (Å²) in [5, 5.41) is 6.42. The summed E-state index contributed by atoms with van der Waals surface area (Å²) in [6, 6.07) is -0.601. The van der Waals surface area contributed by atoms with Crippen molar-refractivity contribution < 1.29 is 14.4 Å². The van der Waals surface area contributed by atoms with Crippen molar-refractivity contribution in [2.24, 2.45) is 5.92 Å². The van der Waals surface area contributed by atoms with Crippen LogP contribution >= 0.6 is 11.8 Å². The smallest absolute Gasteiger partial charge is 0.242 e. The highest BCUT2D eigenvalue weighted by atomic mass is 32.2. The van der Waals surface area contributed by atoms with Gasteiger partial charge in [0.2, 0.25) is 11.8 Å². The molecule has 53 heavy (non-hydrogen) atoms. The van der Waals surface area contributed by atoms with Crippen molar-refractivity contribution in [1.29, 1.82) is 0 Å². The van der Waals surface area contributed by atoms with Crippen molar-refractivity contribution in [3.8, 4) is 0 Å². The molecule has 0 spiro atoms. The van der Waals surface area contributed by atoms with Crippen molar-refractivity contribution >= 4 is 28.7 Å². The van der Waals surface area contributed by atoms with Crippen LogP contribution < -0.4 is 10.6 Å². The van der Waals surface area contributed by atoms with E-state index in [1.165, 1.54) is 159 Å². The van der Waals surface area contributed by atoms with Gasteiger partial charge in [-0.3, -0.25) is 14.4 Å². The fraction of sp³-hybridized carbons (Fsp3) is 0.891. The molecule has 0 aliphatic heterocycles. The van der Waals surface area contributed by atoms with E-state index in [2.05, 4.69) is 43.6 Å². The minimum Gasteiger partial charge on any atom is -0.353 e. The third-order valence-electron chi connectivity index (χ3n) is 10.5. The Labute approximate surface area is 334 Å². The molecule has 2 atom stereocenters. The Balaban J connectivity index is 4.72. The first kappa shape index (κ1) is 51.7. The van der Waals surface area contributed by atoms with E-state index in [0.29, 0.717) is 25.1 Å². The molecule has 312 valence electrons. The molecule has 0 saturated heterocycles. The van der Waals surface area contributed by atoms with E-state index in [1.54, 1.807) is 0 Å². The second-order valence-corrected chi connectivity index (χ2v) is 17.2. The molecule has 2 N–H and O–H groups in total. The fourth-order valence-electron chi connectivity index (χ4n) is 6.89. The number of carbonyl (C=O) groups is 3. The molecule has 0 aliphatic carbocycles. The lowest BCUT2D eigenvalue weighted by Gasteiger charge is -2.23. The van der Waals surface area contributed by atoms with Crippen LogP contribution in [0.5, 0.6) is 0 Å². The molecule has 0 saturated carbocycles. The number of hydrogen-bond donors (Lipinski definition) is 2. The molecular formula is C46H89N3O3S. The summed E-state index contributed by atoms with van der Waals surface area (Å²) in [4.78, 5) is 41.8. The molecule has 0 rings (SSSR count). The van der Waals surface area contributed by atoms with Crippen molar-refractivity contribution in [2.45, 2.75) is 226 Å². The van der Waals surface area contributed by atoms with E-state index < -0.39 is 6.04 Å². The van der Waals surface area contributed by atoms with Crippen molar-refractivity contribution in [3.63, 3.8) is 0 Å². The van der Waals surface area contributed by atoms with Gasteiger partial charge in [-0.05, 0) is 65.5 Å². The molecule has 2 amide bonds. The van der Waals surface area contributed by atoms with Crippen LogP contribution in [-0.2, 0) is 14.4 Å². The first-order valence-corrected chi connectivity index (χ1v) is 23.9. The number of nitrogens with zero attached hydrogens (tertiary/aromatic N) is 1. The molecule has 0 aromatic heterocycles. The maximum Gasteiger partial charge on any atom is 0.242 e. The van der Waals surface area contributed by atoms with Crippen LogP contribution in [0, 0.1) is 5.92 Å². The van der Waals surface area contributed by atoms with Gasteiger partial charge in [-0.15, -0.1) is 0 Å². The molecule has 6 nitrogen and oxygen atoms in total. The molecule has 0 bridgehead atoms. The quantitative estimate of drug-likeness (QED) is 0.0480. The summed E-state index contributed by atoms with van der Waals surface area (Å²) in [7, 11) is 3.98. The predicted molar refractivity (Wildman–Crippen MR) is 234 cm³/mol. The van der Waals surface area contributed by atoms with Gasteiger partial charge in [0, 0.05) is 31.2 Å². The van der Waals surface area contributed by atoms with E-state index in [1.807, 2.05) is 19.0 Å². The summed E-state index contributed by atoms with van der Waals surface area (Å²) in [5.74, 6) is 0.402. The van der Waals surface area contributed by atoms with Crippen molar-refractivity contribution in [2.75, 3.05) is 32.9 Å². The number of thioether (sulfide) groups is 1. The SMILES string of the molecule is CCCCCCCC/C=C\CCCCCCCC(=O)SCCC(NC(=O)C(CCCCCCCC)CCCCCCCCCC)C(=O)NCCN(C)C. The number of allylic oxidation sites excluding steroid dienone is 2. The number of hydrogen-bond acceptors (Lipinski definition) is 5. The highest BCUT2D eigenvalue weighted by molar-refractivity contribution is 8.13. The lowest BCUT2D eigenvalue weighted by atomic mass is 9.93. The Kier molecular flexibility index (Phi) is 39.3. The predicted octanol–water partition coefficient (Wildman–Crippen LogP) is 12.7. The number of likely N-dealkylation sites (N-methyl/N-ethyl adjacent to an activating group) is 1. The average molecular weight is 764 g/mol. The standard InChI is InChI=1S/C46H89N3O3S/c1-6-9-12-15-18-20-21-22-23-24-25-26-28-31-34-37-44(50)53-41-38-43(46(52)47-39-40-49(4)5)48-45(51)42(35-32-29-17-14-11-8-3)36-33-30-27-19-16-13-10-7-2/h22-23,42-43H,6-21,24-41H2,1-5H3,(H,47,52)(H,48,51)/b23-22-. The highest BCUT2D eigenvalue weighted by Crippen LogP contribution is 2.21. The maximum absolute atomic E-state index is 13.7. The Hall–Kier alpha value is -1.34. The van der Waals surface area contributed by atoms with Gasteiger partial charge in [0.15, 0.2) is 5.12 Å². The van der Waals surface area contributed by atoms with Crippen LogP contribution in [0.25, 0.3) is 0 Å². The third-order valence-corrected chi connectivity index (χ3v) is 11.5. The monoisotopic (exact) mass is 764 g/mol. The van der Waals surface area contributed by atoms with Crippen LogP contribution in [0.1, 0.15) is 220 Å². The zero-order valence-corrected chi connectivity index (χ0v) is 36.7. The second-order valence-electron chi connectivity index (χ2n) is 16.0. The first-order valence-electron chi connectivity index (χ1n) is 22.9. The van der Waals surface area contributed by atoms with E-state index >= 15 is 0 Å². The van der Waals surface area contributed by atoms with Crippen LogP contribution in [0.4, 0.5) is 0 Å². The first-order chi connectivity index (χ1) is 25.8. The average Bonchev–Trinajstić information content (AvgIpc) is 3.14. The number of unbranched alkanes of at least 4 members (excludes halogenated alkanes) is 23. The van der Waals surface area contributed by atoms with Crippen LogP contribution in [0.15, 0.2) is 12.2 Å². The van der Waals surface area contributed by atoms with E-state index in [4.69, 9.17) is 0 Å². The highest BCUT2D eigenvalue weighted by Gasteiger charge is 2.25. The zero-order valence-electron chi connectivity index (χ0n) is 35.9. The largest absolute Gasteiger partial charge is 0.353 e. The normalized spacial score (nSPS) is 12.8. The molecule has 0 aromatic rings. The second kappa shape index (κ2) is 40.3. The van der Waals surface area contributed by atoms with Gasteiger partial charge < -0.3 is 15.5 Å². The summed E-state index contributed by atoms with van der Waals surface area (Å²) in [6.07, 6.45) is 41.1. The number of rotatable bonds is 40. The van der Waals surface area contributed by atoms with Gasteiger partial charge in [-0.1, -0.05) is 186 Å². The Morgan fingerprint density at radius 1 is 0.547 bits per heavy atom. The van der Waals surface area contributed by atoms with Gasteiger partial charge in [0.1, 0.15) is 6.04 Å². The van der Waals surface area contributed by atoms with Gasteiger partial charge in [-0.25, -0.2) is 0 Å². The summed E-state index contributed by atoms with van der Waals surface area (Å²) < 4.78 is 0. The summed E-state index contributed by atoms with van der Waals surface area (Å²) in [6.45, 7) is 8.05. The van der Waals surface area contributed by atoms with Gasteiger partial charge >= 0.3 is 0 Å². The number of nitrogens with one attached hydrogen (secondary N) is 2. The topological polar surface area (TPSA) is 78.5 Å². The molecule has 7 heteroatoms. The Morgan fingerprint density at radius 3 is 1.45 bits per heavy atom. The molecule has 0 aromatic carbocycles. The van der Waals surface area contributed by atoms with Gasteiger partial charge in [-0.2, -0.15) is 0 Å². The number of amides is 2. The third kappa shape index (κ3) is 36.1. The lowest BCUT2D eigenvalue weighted by molar-refractivity contribution is -0.131. The molecular weight excluding hydrogens is 675 g/mol. The molecule has 0 radical (unpaired) electrons. The fourth-order valence-corrected chi connectivity index (χ4v) is 7.76.